The first-order valence-corrected chi connectivity index (χ1v) is 8.15. The molecule has 22 heavy (non-hydrogen) atoms. The Balaban J connectivity index is 0.00000441. The van der Waals surface area contributed by atoms with Crippen LogP contribution in [0.2, 0.25) is 0 Å². The number of nitrogens with zero attached hydrogens (tertiary/aromatic N) is 2. The maximum Gasteiger partial charge on any atom is 0.306 e. The highest BCUT2D eigenvalue weighted by molar-refractivity contribution is 14.0. The minimum absolute atomic E-state index is 0. The summed E-state index contributed by atoms with van der Waals surface area (Å²) in [4.78, 5) is 18.1. The van der Waals surface area contributed by atoms with Crippen molar-refractivity contribution in [2.45, 2.75) is 71.3 Å². The number of likely N-dealkylation sites (tertiary alicyclic amines) is 1. The highest BCUT2D eigenvalue weighted by atomic mass is 127. The fourth-order valence-electron chi connectivity index (χ4n) is 2.37. The van der Waals surface area contributed by atoms with Crippen LogP contribution in [0.1, 0.15) is 65.7 Å². The fourth-order valence-corrected chi connectivity index (χ4v) is 2.37. The van der Waals surface area contributed by atoms with Gasteiger partial charge in [0.2, 0.25) is 0 Å². The van der Waals surface area contributed by atoms with Gasteiger partial charge in [-0.05, 0) is 52.9 Å². The fraction of sp³-hybridized carbons (Fsp3) is 0.875. The molecule has 1 aliphatic heterocycles. The molecule has 0 radical (unpaired) electrons. The number of unbranched alkanes of at least 4 members (excludes halogenated alkanes) is 2. The van der Waals surface area contributed by atoms with Gasteiger partial charge < -0.3 is 15.4 Å². The molecular weight excluding hydrogens is 393 g/mol. The van der Waals surface area contributed by atoms with Crippen LogP contribution in [0.25, 0.3) is 0 Å². The van der Waals surface area contributed by atoms with Crippen LogP contribution in [0.3, 0.4) is 0 Å². The third-order valence-electron chi connectivity index (χ3n) is 3.41. The first-order valence-electron chi connectivity index (χ1n) is 8.15. The monoisotopic (exact) mass is 425 g/mol. The average molecular weight is 425 g/mol. The number of ether oxygens (including phenoxy) is 1. The predicted molar refractivity (Wildman–Crippen MR) is 102 cm³/mol. The van der Waals surface area contributed by atoms with Gasteiger partial charge in [0.05, 0.1) is 0 Å². The molecule has 1 rings (SSSR count). The second kappa shape index (κ2) is 11.1. The van der Waals surface area contributed by atoms with Gasteiger partial charge in [-0.1, -0.05) is 6.42 Å². The van der Waals surface area contributed by atoms with Crippen molar-refractivity contribution in [1.82, 2.24) is 4.90 Å². The number of aliphatic imine (C=N–C) groups is 1. The Morgan fingerprint density at radius 3 is 2.36 bits per heavy atom. The minimum Gasteiger partial charge on any atom is -0.460 e. The van der Waals surface area contributed by atoms with Crippen molar-refractivity contribution >= 4 is 35.9 Å². The molecule has 1 fully saturated rings. The maximum atomic E-state index is 11.5. The van der Waals surface area contributed by atoms with E-state index in [4.69, 9.17) is 10.5 Å². The van der Waals surface area contributed by atoms with Gasteiger partial charge in [0.15, 0.2) is 5.96 Å². The van der Waals surface area contributed by atoms with Gasteiger partial charge in [-0.3, -0.25) is 9.79 Å². The normalized spacial score (nSPS) is 16.1. The molecule has 1 heterocycles. The molecule has 0 spiro atoms. The molecule has 0 saturated carbocycles. The van der Waals surface area contributed by atoms with Crippen LogP contribution in [-0.4, -0.2) is 42.1 Å². The Kier molecular flexibility index (Phi) is 10.8. The topological polar surface area (TPSA) is 67.9 Å². The van der Waals surface area contributed by atoms with E-state index in [1.807, 2.05) is 20.8 Å². The third-order valence-corrected chi connectivity index (χ3v) is 3.41. The lowest BCUT2D eigenvalue weighted by atomic mass is 10.1. The van der Waals surface area contributed by atoms with Gasteiger partial charge in [-0.15, -0.1) is 24.0 Å². The molecular formula is C16H32IN3O2. The summed E-state index contributed by atoms with van der Waals surface area (Å²) >= 11 is 0. The van der Waals surface area contributed by atoms with Gasteiger partial charge in [-0.25, -0.2) is 0 Å². The van der Waals surface area contributed by atoms with Crippen molar-refractivity contribution in [3.05, 3.63) is 0 Å². The number of halogens is 1. The zero-order valence-electron chi connectivity index (χ0n) is 14.3. The van der Waals surface area contributed by atoms with Crippen LogP contribution in [0.4, 0.5) is 0 Å². The van der Waals surface area contributed by atoms with Crippen molar-refractivity contribution in [1.29, 1.82) is 0 Å². The predicted octanol–water partition coefficient (Wildman–Crippen LogP) is 3.31. The summed E-state index contributed by atoms with van der Waals surface area (Å²) < 4.78 is 5.27. The molecule has 0 unspecified atom stereocenters. The summed E-state index contributed by atoms with van der Waals surface area (Å²) in [5, 5.41) is 0. The molecule has 0 amide bonds. The zero-order valence-corrected chi connectivity index (χ0v) is 16.6. The van der Waals surface area contributed by atoms with E-state index in [0.717, 1.165) is 38.9 Å². The van der Waals surface area contributed by atoms with Crippen molar-refractivity contribution in [2.24, 2.45) is 10.7 Å². The van der Waals surface area contributed by atoms with Crippen molar-refractivity contribution < 1.29 is 9.53 Å². The molecule has 130 valence electrons. The molecule has 6 heteroatoms. The SMILES string of the molecule is CC(C)(C)OC(=O)CCCCCN=C(N)N1CCCCC1.I. The molecule has 0 aromatic carbocycles. The van der Waals surface area contributed by atoms with Gasteiger partial charge >= 0.3 is 5.97 Å². The van der Waals surface area contributed by atoms with Crippen LogP contribution in [-0.2, 0) is 9.53 Å². The van der Waals surface area contributed by atoms with Crippen LogP contribution >= 0.6 is 24.0 Å². The van der Waals surface area contributed by atoms with Crippen molar-refractivity contribution in [3.63, 3.8) is 0 Å². The van der Waals surface area contributed by atoms with E-state index in [0.29, 0.717) is 12.4 Å². The third kappa shape index (κ3) is 10.2. The number of carbonyl (C=O) groups excluding carboxylic acids is 1. The average Bonchev–Trinajstić information content (AvgIpc) is 2.41. The molecule has 1 aliphatic rings. The maximum absolute atomic E-state index is 11.5. The minimum atomic E-state index is -0.385. The molecule has 0 aromatic rings. The molecule has 5 nitrogen and oxygen atoms in total. The highest BCUT2D eigenvalue weighted by Gasteiger charge is 2.15. The van der Waals surface area contributed by atoms with E-state index < -0.39 is 0 Å². The lowest BCUT2D eigenvalue weighted by Crippen LogP contribution is -2.40. The standard InChI is InChI=1S/C16H31N3O2.HI/c1-16(2,3)21-14(20)10-6-4-7-11-18-15(17)19-12-8-5-9-13-19;/h4-13H2,1-3H3,(H2,17,18);1H. The Bertz CT molecular complexity index is 348. The van der Waals surface area contributed by atoms with E-state index in [1.165, 1.54) is 19.3 Å². The van der Waals surface area contributed by atoms with Gasteiger partial charge in [0.25, 0.3) is 0 Å². The smallest absolute Gasteiger partial charge is 0.306 e. The molecule has 2 N–H and O–H groups in total. The number of nitrogens with two attached hydrogens (primary N) is 1. The lowest BCUT2D eigenvalue weighted by molar-refractivity contribution is -0.154. The number of carbonyl (C=O) groups is 1. The van der Waals surface area contributed by atoms with E-state index >= 15 is 0 Å². The number of esters is 1. The van der Waals surface area contributed by atoms with Crippen LogP contribution < -0.4 is 5.73 Å². The van der Waals surface area contributed by atoms with Crippen molar-refractivity contribution in [3.8, 4) is 0 Å². The Labute approximate surface area is 152 Å². The van der Waals surface area contributed by atoms with E-state index in [-0.39, 0.29) is 35.5 Å². The zero-order chi connectivity index (χ0) is 15.7. The van der Waals surface area contributed by atoms with Crippen molar-refractivity contribution in [2.75, 3.05) is 19.6 Å². The summed E-state index contributed by atoms with van der Waals surface area (Å²) in [6, 6.07) is 0. The number of hydrogen-bond donors (Lipinski definition) is 1. The summed E-state index contributed by atoms with van der Waals surface area (Å²) in [6.45, 7) is 8.49. The molecule has 0 aliphatic carbocycles. The summed E-state index contributed by atoms with van der Waals surface area (Å²) in [7, 11) is 0. The molecule has 0 aromatic heterocycles. The lowest BCUT2D eigenvalue weighted by Gasteiger charge is -2.27. The quantitative estimate of drug-likeness (QED) is 0.233. The van der Waals surface area contributed by atoms with E-state index in [1.54, 1.807) is 0 Å². The van der Waals surface area contributed by atoms with Crippen LogP contribution in [0, 0.1) is 0 Å². The number of guanidine groups is 1. The summed E-state index contributed by atoms with van der Waals surface area (Å²) in [5.41, 5.74) is 5.60. The van der Waals surface area contributed by atoms with Gasteiger partial charge in [0, 0.05) is 26.1 Å². The summed E-state index contributed by atoms with van der Waals surface area (Å²) in [5.74, 6) is 0.570. The molecule has 1 saturated heterocycles. The van der Waals surface area contributed by atoms with Crippen LogP contribution in [0.5, 0.6) is 0 Å². The number of piperidine rings is 1. The molecule has 0 atom stereocenters. The number of rotatable bonds is 6. The molecule has 0 bridgehead atoms. The van der Waals surface area contributed by atoms with E-state index in [2.05, 4.69) is 9.89 Å². The largest absolute Gasteiger partial charge is 0.460 e. The second-order valence-electron chi connectivity index (χ2n) is 6.68. The first-order chi connectivity index (χ1) is 9.88. The van der Waals surface area contributed by atoms with Gasteiger partial charge in [0.1, 0.15) is 5.60 Å². The Morgan fingerprint density at radius 2 is 1.77 bits per heavy atom. The summed E-state index contributed by atoms with van der Waals surface area (Å²) in [6.07, 6.45) is 7.02. The number of hydrogen-bond acceptors (Lipinski definition) is 3. The Hall–Kier alpha value is -0.530. The highest BCUT2D eigenvalue weighted by Crippen LogP contribution is 2.11. The van der Waals surface area contributed by atoms with E-state index in [9.17, 15) is 4.79 Å². The van der Waals surface area contributed by atoms with Gasteiger partial charge in [-0.2, -0.15) is 0 Å². The second-order valence-corrected chi connectivity index (χ2v) is 6.68. The van der Waals surface area contributed by atoms with Crippen LogP contribution in [0.15, 0.2) is 4.99 Å². The Morgan fingerprint density at radius 1 is 1.14 bits per heavy atom. The first kappa shape index (κ1) is 21.5.